The van der Waals surface area contributed by atoms with Crippen LogP contribution in [0.2, 0.25) is 0 Å². The van der Waals surface area contributed by atoms with Gasteiger partial charge < -0.3 is 20.3 Å². The smallest absolute Gasteiger partial charge is 0.325 e. The van der Waals surface area contributed by atoms with Crippen LogP contribution < -0.4 is 10.2 Å². The Labute approximate surface area is 180 Å². The maximum absolute atomic E-state index is 12.3. The van der Waals surface area contributed by atoms with E-state index in [1.54, 1.807) is 24.7 Å². The fourth-order valence-corrected chi connectivity index (χ4v) is 3.85. The predicted molar refractivity (Wildman–Crippen MR) is 118 cm³/mol. The minimum Gasteiger partial charge on any atom is -0.480 e. The van der Waals surface area contributed by atoms with Gasteiger partial charge >= 0.3 is 5.97 Å². The van der Waals surface area contributed by atoms with Crippen LogP contribution >= 0.6 is 0 Å². The van der Waals surface area contributed by atoms with E-state index in [2.05, 4.69) is 25.2 Å². The summed E-state index contributed by atoms with van der Waals surface area (Å²) in [5.74, 6) is -0.461. The van der Waals surface area contributed by atoms with Gasteiger partial charge in [-0.2, -0.15) is 0 Å². The zero-order valence-electron chi connectivity index (χ0n) is 17.6. The minimum absolute atomic E-state index is 0.0783. The van der Waals surface area contributed by atoms with Crippen LogP contribution in [0.15, 0.2) is 42.9 Å². The summed E-state index contributed by atoms with van der Waals surface area (Å²) in [6.07, 6.45) is 5.16. The molecule has 162 valence electrons. The van der Waals surface area contributed by atoms with Gasteiger partial charge in [0.05, 0.1) is 0 Å². The SMILES string of the molecule is CC(C)C(=O)Nc1ccc2[nH]cc([C@@H](C(=O)O)N3CCN(c4ncccn4)CC3)c2c1. The van der Waals surface area contributed by atoms with Gasteiger partial charge in [-0.3, -0.25) is 14.5 Å². The molecule has 9 nitrogen and oxygen atoms in total. The Bertz CT molecular complexity index is 1070. The second-order valence-electron chi connectivity index (χ2n) is 7.96. The normalized spacial score (nSPS) is 15.9. The van der Waals surface area contributed by atoms with Crippen molar-refractivity contribution in [2.45, 2.75) is 19.9 Å². The number of amides is 1. The first kappa shape index (κ1) is 20.8. The number of fused-ring (bicyclic) bond motifs is 1. The van der Waals surface area contributed by atoms with Crippen molar-refractivity contribution in [2.75, 3.05) is 36.4 Å². The first-order valence-corrected chi connectivity index (χ1v) is 10.3. The number of nitrogens with one attached hydrogen (secondary N) is 2. The van der Waals surface area contributed by atoms with Crippen molar-refractivity contribution >= 4 is 34.4 Å². The monoisotopic (exact) mass is 422 g/mol. The maximum atomic E-state index is 12.3. The second-order valence-corrected chi connectivity index (χ2v) is 7.96. The molecule has 1 aromatic carbocycles. The molecule has 3 aromatic rings. The third-order valence-corrected chi connectivity index (χ3v) is 5.55. The quantitative estimate of drug-likeness (QED) is 0.559. The van der Waals surface area contributed by atoms with Gasteiger partial charge in [0.25, 0.3) is 0 Å². The molecule has 1 aliphatic rings. The molecular formula is C22H26N6O3. The van der Waals surface area contributed by atoms with Gasteiger partial charge in [0, 0.05) is 72.8 Å². The molecule has 1 amide bonds. The standard InChI is InChI=1S/C22H26N6O3/c1-14(2)20(29)26-15-4-5-18-16(12-15)17(13-25-18)19(21(30)31)27-8-10-28(11-9-27)22-23-6-3-7-24-22/h3-7,12-14,19,25H,8-11H2,1-2H3,(H,26,29)(H,30,31)/t19-/m0/s1. The number of piperazine rings is 1. The van der Waals surface area contributed by atoms with Gasteiger partial charge in [-0.1, -0.05) is 13.8 Å². The molecule has 9 heteroatoms. The number of rotatable bonds is 6. The number of anilines is 2. The Morgan fingerprint density at radius 2 is 1.84 bits per heavy atom. The van der Waals surface area contributed by atoms with Crippen LogP contribution in [0.4, 0.5) is 11.6 Å². The van der Waals surface area contributed by atoms with Crippen molar-refractivity contribution in [3.63, 3.8) is 0 Å². The molecular weight excluding hydrogens is 396 g/mol. The van der Waals surface area contributed by atoms with Crippen molar-refractivity contribution in [3.05, 3.63) is 48.4 Å². The molecule has 0 saturated carbocycles. The summed E-state index contributed by atoms with van der Waals surface area (Å²) in [7, 11) is 0. The Balaban J connectivity index is 1.57. The highest BCUT2D eigenvalue weighted by molar-refractivity contribution is 5.96. The van der Waals surface area contributed by atoms with Crippen LogP contribution in [0, 0.1) is 5.92 Å². The average molecular weight is 422 g/mol. The largest absolute Gasteiger partial charge is 0.480 e. The molecule has 2 aromatic heterocycles. The highest BCUT2D eigenvalue weighted by Gasteiger charge is 2.32. The topological polar surface area (TPSA) is 114 Å². The van der Waals surface area contributed by atoms with E-state index in [-0.39, 0.29) is 11.8 Å². The van der Waals surface area contributed by atoms with E-state index in [9.17, 15) is 14.7 Å². The Hall–Kier alpha value is -3.46. The number of hydrogen-bond acceptors (Lipinski definition) is 6. The molecule has 4 rings (SSSR count). The molecule has 1 aliphatic heterocycles. The van der Waals surface area contributed by atoms with Crippen LogP contribution in [0.5, 0.6) is 0 Å². The number of carbonyl (C=O) groups excluding carboxylic acids is 1. The molecule has 0 radical (unpaired) electrons. The molecule has 0 bridgehead atoms. The highest BCUT2D eigenvalue weighted by Crippen LogP contribution is 2.31. The maximum Gasteiger partial charge on any atom is 0.325 e. The number of H-pyrrole nitrogens is 1. The van der Waals surface area contributed by atoms with Gasteiger partial charge in [0.1, 0.15) is 6.04 Å². The number of carboxylic acid groups (broad SMARTS) is 1. The minimum atomic E-state index is -0.901. The number of aromatic nitrogens is 3. The molecule has 1 atom stereocenters. The number of nitrogens with zero attached hydrogens (tertiary/aromatic N) is 4. The summed E-state index contributed by atoms with van der Waals surface area (Å²) in [6, 6.07) is 6.50. The predicted octanol–water partition coefficient (Wildman–Crippen LogP) is 2.50. The summed E-state index contributed by atoms with van der Waals surface area (Å²) in [5, 5.41) is 13.7. The lowest BCUT2D eigenvalue weighted by atomic mass is 10.0. The molecule has 3 N–H and O–H groups in total. The average Bonchev–Trinajstić information content (AvgIpc) is 3.17. The lowest BCUT2D eigenvalue weighted by molar-refractivity contribution is -0.143. The third-order valence-electron chi connectivity index (χ3n) is 5.55. The molecule has 3 heterocycles. The number of aromatic amines is 1. The zero-order chi connectivity index (χ0) is 22.0. The fraction of sp³-hybridized carbons (Fsp3) is 0.364. The summed E-state index contributed by atoms with van der Waals surface area (Å²) in [6.45, 7) is 6.10. The van der Waals surface area contributed by atoms with Gasteiger partial charge in [-0.25, -0.2) is 9.97 Å². The van der Waals surface area contributed by atoms with Crippen molar-refractivity contribution < 1.29 is 14.7 Å². The van der Waals surface area contributed by atoms with Crippen LogP contribution in [0.1, 0.15) is 25.5 Å². The Morgan fingerprint density at radius 1 is 1.13 bits per heavy atom. The molecule has 0 unspecified atom stereocenters. The second kappa shape index (κ2) is 8.73. The lowest BCUT2D eigenvalue weighted by Crippen LogP contribution is -2.49. The number of carboxylic acids is 1. The van der Waals surface area contributed by atoms with E-state index in [1.165, 1.54) is 0 Å². The van der Waals surface area contributed by atoms with Gasteiger partial charge in [-0.05, 0) is 24.3 Å². The van der Waals surface area contributed by atoms with Gasteiger partial charge in [0.15, 0.2) is 0 Å². The Morgan fingerprint density at radius 3 is 2.48 bits per heavy atom. The number of carbonyl (C=O) groups is 2. The van der Waals surface area contributed by atoms with Crippen LogP contribution in [0.3, 0.4) is 0 Å². The van der Waals surface area contributed by atoms with Gasteiger partial charge in [-0.15, -0.1) is 0 Å². The summed E-state index contributed by atoms with van der Waals surface area (Å²) < 4.78 is 0. The van der Waals surface area contributed by atoms with E-state index in [0.717, 1.165) is 10.9 Å². The third kappa shape index (κ3) is 4.36. The summed E-state index contributed by atoms with van der Waals surface area (Å²) >= 11 is 0. The number of benzene rings is 1. The van der Waals surface area contributed by atoms with E-state index < -0.39 is 12.0 Å². The summed E-state index contributed by atoms with van der Waals surface area (Å²) in [5.41, 5.74) is 2.18. The van der Waals surface area contributed by atoms with Crippen LogP contribution in [0.25, 0.3) is 10.9 Å². The van der Waals surface area contributed by atoms with E-state index in [1.807, 2.05) is 36.9 Å². The molecule has 1 saturated heterocycles. The van der Waals surface area contributed by atoms with E-state index >= 15 is 0 Å². The number of aliphatic carboxylic acids is 1. The Kier molecular flexibility index (Phi) is 5.85. The first-order chi connectivity index (χ1) is 14.9. The van der Waals surface area contributed by atoms with Crippen LogP contribution in [-0.4, -0.2) is 63.0 Å². The van der Waals surface area contributed by atoms with Crippen LogP contribution in [-0.2, 0) is 9.59 Å². The van der Waals surface area contributed by atoms with Crippen molar-refractivity contribution in [1.29, 1.82) is 0 Å². The molecule has 0 spiro atoms. The zero-order valence-corrected chi connectivity index (χ0v) is 17.6. The molecule has 31 heavy (non-hydrogen) atoms. The first-order valence-electron chi connectivity index (χ1n) is 10.3. The summed E-state index contributed by atoms with van der Waals surface area (Å²) in [4.78, 5) is 40.1. The van der Waals surface area contributed by atoms with Gasteiger partial charge in [0.2, 0.25) is 11.9 Å². The van der Waals surface area contributed by atoms with E-state index in [4.69, 9.17) is 0 Å². The number of hydrogen-bond donors (Lipinski definition) is 3. The molecule has 1 fully saturated rings. The fourth-order valence-electron chi connectivity index (χ4n) is 3.85. The van der Waals surface area contributed by atoms with Crippen molar-refractivity contribution in [1.82, 2.24) is 19.9 Å². The lowest BCUT2D eigenvalue weighted by Gasteiger charge is -2.37. The van der Waals surface area contributed by atoms with E-state index in [0.29, 0.717) is 43.4 Å². The highest BCUT2D eigenvalue weighted by atomic mass is 16.4. The van der Waals surface area contributed by atoms with Crippen molar-refractivity contribution in [2.24, 2.45) is 5.92 Å². The molecule has 0 aliphatic carbocycles. The van der Waals surface area contributed by atoms with Crippen molar-refractivity contribution in [3.8, 4) is 0 Å².